The molecule has 0 saturated carbocycles. The summed E-state index contributed by atoms with van der Waals surface area (Å²) in [6.45, 7) is 1.43. The average Bonchev–Trinajstić information content (AvgIpc) is 2.82. The van der Waals surface area contributed by atoms with Gasteiger partial charge in [-0.2, -0.15) is 0 Å². The number of aryl methyl sites for hydroxylation is 1. The van der Waals surface area contributed by atoms with E-state index in [9.17, 15) is 18.0 Å². The molecular weight excluding hydrogens is 464 g/mol. The van der Waals surface area contributed by atoms with Crippen LogP contribution in [0.4, 0.5) is 11.4 Å². The van der Waals surface area contributed by atoms with Gasteiger partial charge in [0.1, 0.15) is 11.4 Å². The monoisotopic (exact) mass is 486 g/mol. The van der Waals surface area contributed by atoms with Crippen molar-refractivity contribution in [3.63, 3.8) is 0 Å². The van der Waals surface area contributed by atoms with Crippen molar-refractivity contribution in [3.8, 4) is 0 Å². The number of anilines is 2. The maximum Gasteiger partial charge on any atom is 0.339 e. The molecule has 3 aromatic carbocycles. The van der Waals surface area contributed by atoms with Gasteiger partial charge in [-0.3, -0.25) is 9.10 Å². The van der Waals surface area contributed by atoms with Gasteiger partial charge in [-0.1, -0.05) is 54.9 Å². The molecule has 0 spiro atoms. The van der Waals surface area contributed by atoms with E-state index in [4.69, 9.17) is 16.3 Å². The summed E-state index contributed by atoms with van der Waals surface area (Å²) in [5.41, 5.74) is 1.53. The van der Waals surface area contributed by atoms with Crippen molar-refractivity contribution >= 4 is 44.9 Å². The molecule has 0 bridgehead atoms. The van der Waals surface area contributed by atoms with Gasteiger partial charge in [0.2, 0.25) is 5.91 Å². The number of hydrogen-bond acceptors (Lipinski definition) is 5. The van der Waals surface area contributed by atoms with Crippen LogP contribution in [-0.2, 0) is 26.0 Å². The number of benzene rings is 3. The van der Waals surface area contributed by atoms with Crippen LogP contribution in [0.1, 0.15) is 22.8 Å². The Labute approximate surface area is 198 Å². The third-order valence-electron chi connectivity index (χ3n) is 4.89. The van der Waals surface area contributed by atoms with Gasteiger partial charge in [0, 0.05) is 5.69 Å². The van der Waals surface area contributed by atoms with Crippen LogP contribution >= 0.6 is 11.6 Å². The molecule has 0 fully saturated rings. The van der Waals surface area contributed by atoms with E-state index in [-0.39, 0.29) is 21.2 Å². The van der Waals surface area contributed by atoms with Crippen LogP contribution in [0.25, 0.3) is 0 Å². The minimum absolute atomic E-state index is 0.108. The number of nitrogens with zero attached hydrogens (tertiary/aromatic N) is 1. The molecule has 0 saturated heterocycles. The lowest BCUT2D eigenvalue weighted by Gasteiger charge is -2.25. The Morgan fingerprint density at radius 1 is 1.00 bits per heavy atom. The molecule has 0 aliphatic carbocycles. The Hall–Kier alpha value is -3.36. The molecule has 3 rings (SSSR count). The van der Waals surface area contributed by atoms with Crippen molar-refractivity contribution in [3.05, 3.63) is 88.9 Å². The molecule has 0 radical (unpaired) electrons. The fourth-order valence-corrected chi connectivity index (χ4v) is 5.15. The van der Waals surface area contributed by atoms with Gasteiger partial charge in [0.25, 0.3) is 10.0 Å². The topological polar surface area (TPSA) is 92.8 Å². The number of rotatable bonds is 8. The van der Waals surface area contributed by atoms with Crippen LogP contribution in [0.5, 0.6) is 0 Å². The third kappa shape index (κ3) is 5.53. The summed E-state index contributed by atoms with van der Waals surface area (Å²) in [7, 11) is -3.21. The molecule has 0 unspecified atom stereocenters. The second kappa shape index (κ2) is 10.5. The number of para-hydroxylation sites is 1. The number of halogens is 1. The number of hydrogen-bond donors (Lipinski definition) is 1. The highest BCUT2D eigenvalue weighted by Gasteiger charge is 2.32. The number of carbonyl (C=O) groups is 2. The number of nitrogens with one attached hydrogen (secondary N) is 1. The quantitative estimate of drug-likeness (QED) is 0.472. The molecule has 0 heterocycles. The highest BCUT2D eigenvalue weighted by Crippen LogP contribution is 2.31. The Morgan fingerprint density at radius 3 is 2.39 bits per heavy atom. The zero-order chi connectivity index (χ0) is 24.0. The lowest BCUT2D eigenvalue weighted by molar-refractivity contribution is -0.114. The first-order chi connectivity index (χ1) is 15.8. The summed E-state index contributed by atoms with van der Waals surface area (Å²) in [6, 6.07) is 19.2. The predicted octanol–water partition coefficient (Wildman–Crippen LogP) is 4.52. The molecule has 1 N–H and O–H groups in total. The third-order valence-corrected chi connectivity index (χ3v) is 7.03. The standard InChI is InChI=1S/C24H23ClN2O5S/c1-3-17-9-8-10-18(15-17)26-23(28)16-27(21-13-6-5-12-20(21)25)33(30,31)22-14-7-4-11-19(22)24(29)32-2/h4-15H,3,16H2,1-2H3,(H,26,28). The zero-order valence-corrected chi connectivity index (χ0v) is 19.7. The average molecular weight is 487 g/mol. The maximum atomic E-state index is 13.7. The number of esters is 1. The van der Waals surface area contributed by atoms with E-state index in [0.29, 0.717) is 5.69 Å². The predicted molar refractivity (Wildman–Crippen MR) is 128 cm³/mol. The van der Waals surface area contributed by atoms with Gasteiger partial charge >= 0.3 is 5.97 Å². The minimum atomic E-state index is -4.38. The summed E-state index contributed by atoms with van der Waals surface area (Å²) in [4.78, 5) is 24.8. The molecule has 0 aromatic heterocycles. The first-order valence-electron chi connectivity index (χ1n) is 10.1. The highest BCUT2D eigenvalue weighted by molar-refractivity contribution is 7.93. The summed E-state index contributed by atoms with van der Waals surface area (Å²) < 4.78 is 33.0. The van der Waals surface area contributed by atoms with Gasteiger partial charge in [-0.15, -0.1) is 0 Å². The summed E-state index contributed by atoms with van der Waals surface area (Å²) in [6.07, 6.45) is 0.786. The van der Waals surface area contributed by atoms with Crippen LogP contribution < -0.4 is 9.62 Å². The molecule has 1 amide bonds. The van der Waals surface area contributed by atoms with Crippen LogP contribution in [0.2, 0.25) is 5.02 Å². The first kappa shape index (κ1) is 24.3. The van der Waals surface area contributed by atoms with Crippen molar-refractivity contribution in [1.82, 2.24) is 0 Å². The number of amides is 1. The first-order valence-corrected chi connectivity index (χ1v) is 11.9. The van der Waals surface area contributed by atoms with E-state index in [0.717, 1.165) is 23.4 Å². The second-order valence-corrected chi connectivity index (χ2v) is 9.29. The van der Waals surface area contributed by atoms with Crippen molar-refractivity contribution in [2.24, 2.45) is 0 Å². The molecule has 33 heavy (non-hydrogen) atoms. The van der Waals surface area contributed by atoms with Crippen LogP contribution in [0.3, 0.4) is 0 Å². The van der Waals surface area contributed by atoms with Gasteiger partial charge < -0.3 is 10.1 Å². The van der Waals surface area contributed by atoms with Crippen molar-refractivity contribution in [2.75, 3.05) is 23.3 Å². The Balaban J connectivity index is 2.03. The minimum Gasteiger partial charge on any atom is -0.465 e. The zero-order valence-electron chi connectivity index (χ0n) is 18.1. The molecule has 7 nitrogen and oxygen atoms in total. The SMILES string of the molecule is CCc1cccc(NC(=O)CN(c2ccccc2Cl)S(=O)(=O)c2ccccc2C(=O)OC)c1. The largest absolute Gasteiger partial charge is 0.465 e. The van der Waals surface area contributed by atoms with Crippen molar-refractivity contribution in [2.45, 2.75) is 18.2 Å². The van der Waals surface area contributed by atoms with E-state index in [1.54, 1.807) is 18.2 Å². The molecular formula is C24H23ClN2O5S. The molecule has 9 heteroatoms. The Bertz CT molecular complexity index is 1280. The number of ether oxygens (including phenoxy) is 1. The lowest BCUT2D eigenvalue weighted by Crippen LogP contribution is -2.39. The van der Waals surface area contributed by atoms with Crippen LogP contribution in [-0.4, -0.2) is 33.9 Å². The van der Waals surface area contributed by atoms with E-state index >= 15 is 0 Å². The lowest BCUT2D eigenvalue weighted by atomic mass is 10.1. The molecule has 0 atom stereocenters. The number of carbonyl (C=O) groups excluding carboxylic acids is 2. The summed E-state index contributed by atoms with van der Waals surface area (Å²) in [5, 5.41) is 2.87. The summed E-state index contributed by atoms with van der Waals surface area (Å²) >= 11 is 6.30. The maximum absolute atomic E-state index is 13.7. The van der Waals surface area contributed by atoms with Gasteiger partial charge in [-0.25, -0.2) is 13.2 Å². The molecule has 3 aromatic rings. The Kier molecular flexibility index (Phi) is 7.73. The molecule has 0 aliphatic rings. The van der Waals surface area contributed by atoms with E-state index in [1.807, 2.05) is 25.1 Å². The smallest absolute Gasteiger partial charge is 0.339 e. The number of sulfonamides is 1. The fraction of sp³-hybridized carbons (Fsp3) is 0.167. The van der Waals surface area contributed by atoms with Crippen LogP contribution in [0.15, 0.2) is 77.7 Å². The fourth-order valence-electron chi connectivity index (χ4n) is 3.24. The van der Waals surface area contributed by atoms with Crippen LogP contribution in [0, 0.1) is 0 Å². The van der Waals surface area contributed by atoms with Gasteiger partial charge in [-0.05, 0) is 48.4 Å². The van der Waals surface area contributed by atoms with E-state index < -0.39 is 28.4 Å². The second-order valence-electron chi connectivity index (χ2n) is 7.05. The molecule has 0 aliphatic heterocycles. The molecule has 172 valence electrons. The summed E-state index contributed by atoms with van der Waals surface area (Å²) in [5.74, 6) is -1.38. The number of methoxy groups -OCH3 is 1. The normalized spacial score (nSPS) is 11.0. The van der Waals surface area contributed by atoms with Gasteiger partial charge in [0.05, 0.1) is 23.4 Å². The van der Waals surface area contributed by atoms with E-state index in [2.05, 4.69) is 5.32 Å². The van der Waals surface area contributed by atoms with E-state index in [1.165, 1.54) is 36.4 Å². The van der Waals surface area contributed by atoms with Gasteiger partial charge in [0.15, 0.2) is 0 Å². The Morgan fingerprint density at radius 2 is 1.70 bits per heavy atom. The van der Waals surface area contributed by atoms with Crippen molar-refractivity contribution in [1.29, 1.82) is 0 Å². The van der Waals surface area contributed by atoms with Crippen molar-refractivity contribution < 1.29 is 22.7 Å². The highest BCUT2D eigenvalue weighted by atomic mass is 35.5.